The lowest BCUT2D eigenvalue weighted by Crippen LogP contribution is -1.99. The average Bonchev–Trinajstić information content (AvgIpc) is 3.24. The van der Waals surface area contributed by atoms with E-state index in [0.717, 1.165) is 30.7 Å². The summed E-state index contributed by atoms with van der Waals surface area (Å²) in [6.45, 7) is 4.34. The molecule has 0 aromatic heterocycles. The number of fused-ring (bicyclic) bond motifs is 1. The van der Waals surface area contributed by atoms with Crippen molar-refractivity contribution in [1.29, 1.82) is 0 Å². The van der Waals surface area contributed by atoms with E-state index in [4.69, 9.17) is 0 Å². The number of hydrogen-bond donors (Lipinski definition) is 0. The van der Waals surface area contributed by atoms with Crippen molar-refractivity contribution in [2.24, 2.45) is 5.92 Å². The van der Waals surface area contributed by atoms with Gasteiger partial charge in [0.05, 0.1) is 0 Å². The van der Waals surface area contributed by atoms with Gasteiger partial charge in [0.25, 0.3) is 0 Å². The van der Waals surface area contributed by atoms with Crippen molar-refractivity contribution in [2.45, 2.75) is 46.0 Å². The molecule has 0 N–H and O–H groups in total. The van der Waals surface area contributed by atoms with Crippen molar-refractivity contribution in [3.05, 3.63) is 46.8 Å². The molecule has 0 nitrogen and oxygen atoms in total. The van der Waals surface area contributed by atoms with Crippen LogP contribution in [0.5, 0.6) is 0 Å². The molecule has 0 amide bonds. The van der Waals surface area contributed by atoms with Crippen LogP contribution >= 0.6 is 0 Å². The number of benzene rings is 2. The number of halogens is 1. The van der Waals surface area contributed by atoms with E-state index in [-0.39, 0.29) is 5.82 Å². The second-order valence-electron chi connectivity index (χ2n) is 5.73. The second kappa shape index (κ2) is 4.96. The van der Waals surface area contributed by atoms with Crippen LogP contribution in [0, 0.1) is 11.7 Å². The summed E-state index contributed by atoms with van der Waals surface area (Å²) < 4.78 is 14.2. The molecule has 1 saturated carbocycles. The van der Waals surface area contributed by atoms with Crippen molar-refractivity contribution in [3.63, 3.8) is 0 Å². The van der Waals surface area contributed by atoms with Gasteiger partial charge in [0.15, 0.2) is 0 Å². The van der Waals surface area contributed by atoms with Gasteiger partial charge in [-0.15, -0.1) is 0 Å². The fraction of sp³-hybridized carbons (Fsp3) is 0.444. The van der Waals surface area contributed by atoms with E-state index >= 15 is 0 Å². The maximum absolute atomic E-state index is 14.2. The summed E-state index contributed by atoms with van der Waals surface area (Å²) in [6.07, 6.45) is 5.47. The van der Waals surface area contributed by atoms with Gasteiger partial charge in [-0.1, -0.05) is 32.0 Å². The van der Waals surface area contributed by atoms with Gasteiger partial charge in [-0.2, -0.15) is 0 Å². The maximum atomic E-state index is 14.2. The minimum Gasteiger partial charge on any atom is -0.207 e. The summed E-state index contributed by atoms with van der Waals surface area (Å²) in [6, 6.07) is 8.08. The first-order chi connectivity index (χ1) is 9.22. The molecule has 0 bridgehead atoms. The topological polar surface area (TPSA) is 0 Å². The molecule has 1 aliphatic rings. The molecule has 0 aliphatic heterocycles. The van der Waals surface area contributed by atoms with Crippen molar-refractivity contribution in [1.82, 2.24) is 0 Å². The Morgan fingerprint density at radius 3 is 2.53 bits per heavy atom. The molecule has 0 radical (unpaired) electrons. The summed E-state index contributed by atoms with van der Waals surface area (Å²) in [5.74, 6) is 0.703. The van der Waals surface area contributed by atoms with Crippen LogP contribution in [-0.2, 0) is 19.3 Å². The SMILES string of the molecule is CCc1cc(CC)c2c(CC3CC3)c(F)ccc2c1. The Labute approximate surface area is 114 Å². The van der Waals surface area contributed by atoms with E-state index in [1.54, 1.807) is 6.07 Å². The summed E-state index contributed by atoms with van der Waals surface area (Å²) >= 11 is 0. The number of hydrogen-bond acceptors (Lipinski definition) is 0. The standard InChI is InChI=1S/C18H21F/c1-3-12-9-14(4-2)18-15(10-12)7-8-17(19)16(18)11-13-5-6-13/h7-10,13H,3-6,11H2,1-2H3. The maximum Gasteiger partial charge on any atom is 0.127 e. The highest BCUT2D eigenvalue weighted by Crippen LogP contribution is 2.37. The molecule has 1 fully saturated rings. The predicted molar refractivity (Wildman–Crippen MR) is 79.1 cm³/mol. The molecule has 0 heterocycles. The van der Waals surface area contributed by atoms with E-state index in [1.807, 2.05) is 6.07 Å². The normalized spacial score (nSPS) is 15.1. The van der Waals surface area contributed by atoms with Crippen molar-refractivity contribution in [2.75, 3.05) is 0 Å². The van der Waals surface area contributed by atoms with Gasteiger partial charge < -0.3 is 0 Å². The van der Waals surface area contributed by atoms with Gasteiger partial charge >= 0.3 is 0 Å². The van der Waals surface area contributed by atoms with Gasteiger partial charge in [-0.3, -0.25) is 0 Å². The third kappa shape index (κ3) is 2.39. The Kier molecular flexibility index (Phi) is 3.30. The van der Waals surface area contributed by atoms with Crippen LogP contribution in [0.15, 0.2) is 24.3 Å². The zero-order chi connectivity index (χ0) is 13.4. The molecule has 1 heteroatoms. The Hall–Kier alpha value is -1.37. The Balaban J connectivity index is 2.23. The lowest BCUT2D eigenvalue weighted by Gasteiger charge is -2.13. The van der Waals surface area contributed by atoms with Crippen LogP contribution in [0.3, 0.4) is 0 Å². The van der Waals surface area contributed by atoms with Crippen LogP contribution in [0.2, 0.25) is 0 Å². The van der Waals surface area contributed by atoms with Gasteiger partial charge in [-0.05, 0) is 71.6 Å². The molecule has 3 rings (SSSR count). The summed E-state index contributed by atoms with van der Waals surface area (Å²) in [5, 5.41) is 2.40. The Bertz CT molecular complexity index is 609. The van der Waals surface area contributed by atoms with E-state index in [0.29, 0.717) is 0 Å². The Morgan fingerprint density at radius 1 is 1.11 bits per heavy atom. The largest absolute Gasteiger partial charge is 0.207 e. The molecule has 100 valence electrons. The summed E-state index contributed by atoms with van der Waals surface area (Å²) in [5.41, 5.74) is 3.62. The van der Waals surface area contributed by atoms with Crippen LogP contribution in [0.25, 0.3) is 10.8 Å². The molecule has 1 aliphatic carbocycles. The first-order valence-corrected chi connectivity index (χ1v) is 7.45. The van der Waals surface area contributed by atoms with Gasteiger partial charge in [-0.25, -0.2) is 4.39 Å². The van der Waals surface area contributed by atoms with Gasteiger partial charge in [0, 0.05) is 0 Å². The smallest absolute Gasteiger partial charge is 0.127 e. The van der Waals surface area contributed by atoms with Crippen LogP contribution in [-0.4, -0.2) is 0 Å². The minimum atomic E-state index is -0.0154. The minimum absolute atomic E-state index is 0.0154. The first kappa shape index (κ1) is 12.7. The zero-order valence-corrected chi connectivity index (χ0v) is 11.8. The third-order valence-corrected chi connectivity index (χ3v) is 4.29. The molecule has 0 spiro atoms. The number of rotatable bonds is 4. The second-order valence-corrected chi connectivity index (χ2v) is 5.73. The lowest BCUT2D eigenvalue weighted by atomic mass is 9.92. The molecule has 2 aromatic rings. The first-order valence-electron chi connectivity index (χ1n) is 7.45. The Morgan fingerprint density at radius 2 is 1.89 bits per heavy atom. The van der Waals surface area contributed by atoms with E-state index in [9.17, 15) is 4.39 Å². The fourth-order valence-corrected chi connectivity index (χ4v) is 2.97. The molecule has 0 atom stereocenters. The molecular weight excluding hydrogens is 235 g/mol. The van der Waals surface area contributed by atoms with Crippen molar-refractivity contribution in [3.8, 4) is 0 Å². The van der Waals surface area contributed by atoms with Gasteiger partial charge in [0.2, 0.25) is 0 Å². The highest BCUT2D eigenvalue weighted by Gasteiger charge is 2.24. The van der Waals surface area contributed by atoms with Gasteiger partial charge in [0.1, 0.15) is 5.82 Å². The highest BCUT2D eigenvalue weighted by molar-refractivity contribution is 5.90. The quantitative estimate of drug-likeness (QED) is 0.717. The zero-order valence-electron chi connectivity index (χ0n) is 11.8. The highest BCUT2D eigenvalue weighted by atomic mass is 19.1. The van der Waals surface area contributed by atoms with E-state index in [2.05, 4.69) is 26.0 Å². The van der Waals surface area contributed by atoms with E-state index < -0.39 is 0 Å². The fourth-order valence-electron chi connectivity index (χ4n) is 2.97. The van der Waals surface area contributed by atoms with Crippen LogP contribution in [0.1, 0.15) is 43.4 Å². The molecule has 19 heavy (non-hydrogen) atoms. The lowest BCUT2D eigenvalue weighted by molar-refractivity contribution is 0.605. The summed E-state index contributed by atoms with van der Waals surface area (Å²) in [7, 11) is 0. The third-order valence-electron chi connectivity index (χ3n) is 4.29. The van der Waals surface area contributed by atoms with Crippen LogP contribution in [0.4, 0.5) is 4.39 Å². The average molecular weight is 256 g/mol. The van der Waals surface area contributed by atoms with E-state index in [1.165, 1.54) is 34.7 Å². The van der Waals surface area contributed by atoms with Crippen molar-refractivity contribution < 1.29 is 4.39 Å². The monoisotopic (exact) mass is 256 g/mol. The molecule has 0 saturated heterocycles. The molecule has 0 unspecified atom stereocenters. The van der Waals surface area contributed by atoms with Crippen molar-refractivity contribution >= 4 is 10.8 Å². The summed E-state index contributed by atoms with van der Waals surface area (Å²) in [4.78, 5) is 0. The number of aryl methyl sites for hydroxylation is 2. The molecular formula is C18H21F. The molecule has 2 aromatic carbocycles. The van der Waals surface area contributed by atoms with Crippen LogP contribution < -0.4 is 0 Å². The predicted octanol–water partition coefficient (Wildman–Crippen LogP) is 5.06.